The van der Waals surface area contributed by atoms with Gasteiger partial charge >= 0.3 is 78.2 Å². The minimum atomic E-state index is -1.73. The summed E-state index contributed by atoms with van der Waals surface area (Å²) in [5, 5.41) is 57.2. The molecule has 2 aliphatic heterocycles. The van der Waals surface area contributed by atoms with Crippen molar-refractivity contribution in [1.29, 1.82) is 0 Å². The molecule has 0 spiro atoms. The first-order chi connectivity index (χ1) is 33.5. The van der Waals surface area contributed by atoms with E-state index in [4.69, 9.17) is 17.2 Å². The fourth-order valence-corrected chi connectivity index (χ4v) is 7.35. The maximum absolute atomic E-state index is 13.3. The molecule has 0 aliphatic carbocycles. The predicted octanol–water partition coefficient (Wildman–Crippen LogP) is -12.7. The SMILES string of the molecule is [CH2-]C[C@@H]([C-]=O)NC(=O)CNC(=O)[C@H](CCCN=C(N)N)NC(=O)CN1CCN(CC(=O)O)CCN(CC(N)=O)CCN(CC(=O)O)CC1.[CH2-]c1ccc(C(=O)N[C@H](C)C(=O)N2C[C@@H](O)C[C@H]2B(O)O)cc1.[Na+].[Na+]. The van der Waals surface area contributed by atoms with E-state index in [2.05, 4.69) is 40.1 Å². The number of β-amino-alcohol motifs (C(OH)–C–C–N with tert-alkyl or cyclic N) is 1. The second-order valence-corrected chi connectivity index (χ2v) is 16.9. The van der Waals surface area contributed by atoms with Crippen molar-refractivity contribution in [3.05, 3.63) is 49.2 Å². The first-order valence-electron chi connectivity index (χ1n) is 22.8. The van der Waals surface area contributed by atoms with E-state index in [0.717, 1.165) is 5.56 Å². The Morgan fingerprint density at radius 2 is 1.30 bits per heavy atom. The van der Waals surface area contributed by atoms with Crippen LogP contribution >= 0.6 is 0 Å². The van der Waals surface area contributed by atoms with Gasteiger partial charge in [-0.1, -0.05) is 6.04 Å². The second-order valence-electron chi connectivity index (χ2n) is 16.9. The molecule has 0 unspecified atom stereocenters. The molecule has 0 aromatic heterocycles. The van der Waals surface area contributed by atoms with E-state index in [9.17, 15) is 68.5 Å². The number of carboxylic acids is 2. The number of aliphatic imine (C=N–C) groups is 1. The summed E-state index contributed by atoms with van der Waals surface area (Å²) in [6.07, 6.45) is 1.39. The van der Waals surface area contributed by atoms with Crippen molar-refractivity contribution in [3.63, 3.8) is 0 Å². The number of aliphatic carboxylic acids is 2. The molecule has 1 aromatic carbocycles. The average Bonchev–Trinajstić information content (AvgIpc) is 3.70. The van der Waals surface area contributed by atoms with Gasteiger partial charge in [0, 0.05) is 71.0 Å². The van der Waals surface area contributed by atoms with Crippen LogP contribution in [0.5, 0.6) is 0 Å². The summed E-state index contributed by atoms with van der Waals surface area (Å²) in [7, 11) is -1.73. The number of guanidine groups is 1. The van der Waals surface area contributed by atoms with Crippen molar-refractivity contribution in [2.75, 3.05) is 98.2 Å². The number of aliphatic hydroxyl groups is 1. The standard InChI is InChI=1S/C28H49N11O9.C15H20BN2O5.2Na/c1-2-20(19-40)34-23(42)14-33-27(48)21(4-3-5-32-28(30)31)35-24(43)16-37-8-12-38(17-25(44)45)10-6-36(15-22(29)41)7-11-39(13-9-37)18-26(46)47;1-9-3-5-11(6-4-9)14(20)17-10(2)15(21)18-8-12(19)7-13(18)16(22)23;;/h20-21H,1-18H2,(H2,29,41)(H,33,48)(H,34,42)(H,35,43)(H,44,45)(H,46,47)(H4,30,31,32);3-6,10,12-13,19,22-23H,1,7-8H2,2H3,(H,17,20);;/q-2;-1;2*+1/t20-,21-;10-,12+,13+;;/m01../s1. The minimum absolute atomic E-state index is 0. The molecule has 5 atom stereocenters. The van der Waals surface area contributed by atoms with Crippen molar-refractivity contribution >= 4 is 66.7 Å². The number of carboxylic acid groups (broad SMARTS) is 2. The Kier molecular flexibility index (Phi) is 34.3. The van der Waals surface area contributed by atoms with Gasteiger partial charge in [0.05, 0.1) is 44.8 Å². The van der Waals surface area contributed by atoms with Crippen LogP contribution in [-0.4, -0.2) is 245 Å². The van der Waals surface area contributed by atoms with E-state index in [1.54, 1.807) is 50.2 Å². The average molecular weight is 1050 g/mol. The fraction of sp³-hybridized carbons (Fsp3) is 0.581. The summed E-state index contributed by atoms with van der Waals surface area (Å²) >= 11 is 0. The molecule has 0 saturated carbocycles. The maximum atomic E-state index is 13.3. The Morgan fingerprint density at radius 1 is 0.795 bits per heavy atom. The van der Waals surface area contributed by atoms with Gasteiger partial charge in [0.1, 0.15) is 12.1 Å². The van der Waals surface area contributed by atoms with Crippen molar-refractivity contribution < 1.29 is 128 Å². The summed E-state index contributed by atoms with van der Waals surface area (Å²) in [5.41, 5.74) is 17.3. The van der Waals surface area contributed by atoms with E-state index in [-0.39, 0.29) is 163 Å². The number of amides is 6. The molecule has 2 heterocycles. The molecule has 1 aromatic rings. The zero-order valence-corrected chi connectivity index (χ0v) is 45.9. The molecule has 6 amide bonds. The van der Waals surface area contributed by atoms with E-state index < -0.39 is 91.2 Å². The zero-order chi connectivity index (χ0) is 53.2. The van der Waals surface area contributed by atoms with Crippen LogP contribution in [0.3, 0.4) is 0 Å². The molecule has 73 heavy (non-hydrogen) atoms. The molecule has 2 fully saturated rings. The number of nitrogens with one attached hydrogen (secondary N) is 4. The quantitative estimate of drug-likeness (QED) is 0.0159. The summed E-state index contributed by atoms with van der Waals surface area (Å²) in [6, 6.07) is 3.72. The number of aliphatic hydroxyl groups excluding tert-OH is 1. The topological polar surface area (TPSA) is 410 Å². The molecular formula is C43H69BN13Na2O14-. The summed E-state index contributed by atoms with van der Waals surface area (Å²) in [5.74, 6) is -6.46. The van der Waals surface area contributed by atoms with Gasteiger partial charge in [-0.05, 0) is 26.2 Å². The van der Waals surface area contributed by atoms with Crippen LogP contribution in [0.4, 0.5) is 0 Å². The van der Waals surface area contributed by atoms with Crippen LogP contribution in [0.15, 0.2) is 29.3 Å². The largest absolute Gasteiger partial charge is 1.00 e. The van der Waals surface area contributed by atoms with Gasteiger partial charge in [0.15, 0.2) is 5.96 Å². The molecule has 27 nitrogen and oxygen atoms in total. The molecular weight excluding hydrogens is 979 g/mol. The van der Waals surface area contributed by atoms with Gasteiger partial charge in [-0.15, -0.1) is 12.1 Å². The molecule has 0 bridgehead atoms. The van der Waals surface area contributed by atoms with E-state index >= 15 is 0 Å². The molecule has 396 valence electrons. The molecule has 2 saturated heterocycles. The summed E-state index contributed by atoms with van der Waals surface area (Å²) < 4.78 is 0. The number of carbonyl (C=O) groups is 8. The molecule has 3 rings (SSSR count). The molecule has 2 aliphatic rings. The fourth-order valence-electron chi connectivity index (χ4n) is 7.35. The van der Waals surface area contributed by atoms with E-state index in [1.807, 2.05) is 0 Å². The smallest absolute Gasteiger partial charge is 0.540 e. The number of rotatable bonds is 23. The number of carbonyl (C=O) groups excluding carboxylic acids is 7. The number of hydrogen-bond donors (Lipinski definition) is 12. The first-order valence-corrected chi connectivity index (χ1v) is 22.8. The van der Waals surface area contributed by atoms with Crippen molar-refractivity contribution in [2.45, 2.75) is 62.8 Å². The third-order valence-electron chi connectivity index (χ3n) is 11.1. The monoisotopic (exact) mass is 1050 g/mol. The Balaban J connectivity index is 0.00000173. The van der Waals surface area contributed by atoms with Crippen molar-refractivity contribution in [1.82, 2.24) is 45.8 Å². The van der Waals surface area contributed by atoms with Gasteiger partial charge in [-0.2, -0.15) is 31.0 Å². The number of nitrogens with zero attached hydrogens (tertiary/aromatic N) is 6. The third kappa shape index (κ3) is 28.2. The predicted molar refractivity (Wildman–Crippen MR) is 257 cm³/mol. The minimum Gasteiger partial charge on any atom is -0.540 e. The molecule has 30 heteroatoms. The van der Waals surface area contributed by atoms with Crippen LogP contribution in [0.2, 0.25) is 0 Å². The molecule has 0 radical (unpaired) electrons. The van der Waals surface area contributed by atoms with Crippen molar-refractivity contribution in [3.8, 4) is 0 Å². The third-order valence-corrected chi connectivity index (χ3v) is 11.1. The van der Waals surface area contributed by atoms with Crippen LogP contribution in [0, 0.1) is 13.8 Å². The van der Waals surface area contributed by atoms with Crippen LogP contribution in [0.1, 0.15) is 48.5 Å². The number of benzene rings is 1. The van der Waals surface area contributed by atoms with Crippen LogP contribution < -0.4 is 97.6 Å². The van der Waals surface area contributed by atoms with E-state index in [1.165, 1.54) is 11.8 Å². The summed E-state index contributed by atoms with van der Waals surface area (Å²) in [4.78, 5) is 120. The van der Waals surface area contributed by atoms with Gasteiger partial charge in [0.2, 0.25) is 35.4 Å². The number of primary amides is 1. The summed E-state index contributed by atoms with van der Waals surface area (Å²) in [6.45, 7) is 9.65. The van der Waals surface area contributed by atoms with Gasteiger partial charge < -0.3 is 80.5 Å². The van der Waals surface area contributed by atoms with Crippen LogP contribution in [0.25, 0.3) is 0 Å². The van der Waals surface area contributed by atoms with Crippen LogP contribution in [-0.2, 0) is 38.4 Å². The van der Waals surface area contributed by atoms with Gasteiger partial charge in [0.25, 0.3) is 0 Å². The Bertz CT molecular complexity index is 1940. The van der Waals surface area contributed by atoms with Gasteiger partial charge in [-0.3, -0.25) is 62.9 Å². The number of nitrogens with two attached hydrogens (primary N) is 3. The first kappa shape index (κ1) is 68.6. The second kappa shape index (κ2) is 36.5. The van der Waals surface area contributed by atoms with Crippen molar-refractivity contribution in [2.24, 2.45) is 22.2 Å². The molecule has 15 N–H and O–H groups in total. The van der Waals surface area contributed by atoms with E-state index in [0.29, 0.717) is 25.1 Å². The zero-order valence-electron chi connectivity index (χ0n) is 41.9. The van der Waals surface area contributed by atoms with Gasteiger partial charge in [-0.25, -0.2) is 6.29 Å². The Morgan fingerprint density at radius 3 is 1.75 bits per heavy atom. The normalized spacial score (nSPS) is 18.1. The Hall–Kier alpha value is -4.43. The number of likely N-dealkylation sites (tertiary alicyclic amines) is 1. The maximum Gasteiger partial charge on any atom is 1.00 e. The number of hydrogen-bond acceptors (Lipinski definition) is 17. The Labute approximate surface area is 469 Å².